The normalized spacial score (nSPS) is 29.9. The van der Waals surface area contributed by atoms with Crippen molar-refractivity contribution >= 4 is 17.9 Å². The minimum atomic E-state index is -3.07. The summed E-state index contributed by atoms with van der Waals surface area (Å²) in [7, 11) is 2.57. The first-order valence-corrected chi connectivity index (χ1v) is 16.4. The Balaban J connectivity index is 2.08. The number of quaternary nitrogens is 1. The van der Waals surface area contributed by atoms with Crippen molar-refractivity contribution in [3.8, 4) is 0 Å². The average molecular weight is 745 g/mol. The first-order valence-electron chi connectivity index (χ1n) is 16.4. The number of nitrogens with zero attached hydrogens (tertiary/aromatic N) is 1. The second-order valence-electron chi connectivity index (χ2n) is 11.9. The smallest absolute Gasteiger partial charge is 0.343 e. The molecule has 0 aliphatic carbocycles. The number of carbonyl (C=O) groups is 2. The molecular weight excluding hydrogens is 694 g/mol. The van der Waals surface area contributed by atoms with Gasteiger partial charge in [0.05, 0.1) is 50.4 Å². The highest BCUT2D eigenvalue weighted by molar-refractivity contribution is 5.94. The van der Waals surface area contributed by atoms with E-state index in [1.807, 2.05) is 0 Å². The molecule has 3 aliphatic heterocycles. The van der Waals surface area contributed by atoms with Crippen molar-refractivity contribution in [2.45, 2.75) is 49.3 Å². The monoisotopic (exact) mass is 744 g/mol. The van der Waals surface area contributed by atoms with E-state index in [2.05, 4.69) is 22.2 Å². The van der Waals surface area contributed by atoms with Crippen molar-refractivity contribution in [3.05, 3.63) is 59.7 Å². The zero-order valence-electron chi connectivity index (χ0n) is 28.8. The molecule has 1 fully saturated rings. The van der Waals surface area contributed by atoms with Crippen molar-refractivity contribution in [1.29, 1.82) is 0 Å². The zero-order chi connectivity index (χ0) is 38.6. The maximum atomic E-state index is 13.0. The topological polar surface area (TPSA) is 309 Å². The molecule has 0 aromatic rings. The molecule has 0 spiro atoms. The molecule has 292 valence electrons. The van der Waals surface area contributed by atoms with Gasteiger partial charge in [-0.05, 0) is 13.5 Å². The van der Waals surface area contributed by atoms with Gasteiger partial charge in [0.1, 0.15) is 43.3 Å². The summed E-state index contributed by atoms with van der Waals surface area (Å²) in [5, 5.41) is 86.1. The third kappa shape index (κ3) is 10.2. The lowest BCUT2D eigenvalue weighted by Gasteiger charge is -2.48. The lowest BCUT2D eigenvalue weighted by molar-refractivity contribution is -0.843. The molecule has 3 heterocycles. The number of nitrogens with one attached hydrogen (secondary N) is 3. The quantitative estimate of drug-likeness (QED) is 0.0156. The average Bonchev–Trinajstić information content (AvgIpc) is 3.12. The Morgan fingerprint density at radius 3 is 2.54 bits per heavy atom. The van der Waals surface area contributed by atoms with Crippen LogP contribution in [0.2, 0.25) is 0 Å². The van der Waals surface area contributed by atoms with Gasteiger partial charge < -0.3 is 80.5 Å². The molecule has 52 heavy (non-hydrogen) atoms. The molecule has 0 aromatic carbocycles. The summed E-state index contributed by atoms with van der Waals surface area (Å²) in [5.74, 6) is -7.20. The molecule has 13 N–H and O–H groups in total. The maximum Gasteiger partial charge on any atom is 0.343 e. The number of carbonyl (C=O) groups excluding carboxylic acids is 1. The second kappa shape index (κ2) is 19.9. The number of methoxy groups -OCH3 is 1. The van der Waals surface area contributed by atoms with Gasteiger partial charge in [-0.25, -0.2) is 9.59 Å². The molecular formula is C32H50N5O15+. The van der Waals surface area contributed by atoms with Gasteiger partial charge in [-0.15, -0.1) is 6.58 Å². The molecule has 3 aliphatic rings. The Labute approximate surface area is 299 Å². The van der Waals surface area contributed by atoms with Crippen LogP contribution in [-0.4, -0.2) is 162 Å². The highest BCUT2D eigenvalue weighted by atomic mass is 16.8. The Morgan fingerprint density at radius 1 is 1.23 bits per heavy atom. The van der Waals surface area contributed by atoms with E-state index in [-0.39, 0.29) is 55.7 Å². The molecule has 20 nitrogen and oxygen atoms in total. The number of likely N-dealkylation sites (N-methyl/N-ethyl adjacent to an activating group) is 1. The van der Waals surface area contributed by atoms with Crippen LogP contribution in [0.4, 0.5) is 0 Å². The highest BCUT2D eigenvalue weighted by Gasteiger charge is 2.58. The fourth-order valence-corrected chi connectivity index (χ4v) is 5.74. The third-order valence-electron chi connectivity index (χ3n) is 8.50. The fraction of sp³-hybridized carbons (Fsp3) is 0.594. The molecule has 0 bridgehead atoms. The number of carboxylic acids is 1. The van der Waals surface area contributed by atoms with Gasteiger partial charge >= 0.3 is 11.9 Å². The van der Waals surface area contributed by atoms with E-state index in [0.717, 1.165) is 13.4 Å². The number of rotatable bonds is 18. The van der Waals surface area contributed by atoms with E-state index >= 15 is 0 Å². The van der Waals surface area contributed by atoms with Gasteiger partial charge in [0.2, 0.25) is 12.1 Å². The number of hydrogen-bond donors (Lipinski definition) is 12. The van der Waals surface area contributed by atoms with Crippen LogP contribution in [-0.2, 0) is 33.3 Å². The number of allylic oxidation sites excluding steroid dienone is 1. The van der Waals surface area contributed by atoms with Crippen molar-refractivity contribution in [1.82, 2.24) is 10.6 Å². The minimum Gasteiger partial charge on any atom is -0.477 e. The van der Waals surface area contributed by atoms with Crippen LogP contribution in [0, 0.1) is 11.8 Å². The molecule has 0 radical (unpaired) electrons. The van der Waals surface area contributed by atoms with Crippen LogP contribution in [0.5, 0.6) is 0 Å². The molecule has 9 atom stereocenters. The van der Waals surface area contributed by atoms with Crippen LogP contribution in [0.15, 0.2) is 64.7 Å². The molecule has 20 heteroatoms. The molecule has 0 aromatic heterocycles. The predicted molar refractivity (Wildman–Crippen MR) is 178 cm³/mol. The summed E-state index contributed by atoms with van der Waals surface area (Å²) >= 11 is 0. The summed E-state index contributed by atoms with van der Waals surface area (Å²) < 4.78 is 28.0. The lowest BCUT2D eigenvalue weighted by Crippen LogP contribution is -3.09. The number of ether oxygens (including phenoxy) is 5. The number of esters is 1. The predicted octanol–water partition coefficient (Wildman–Crippen LogP) is -5.53. The second-order valence-corrected chi connectivity index (χ2v) is 11.9. The number of guanidine groups is 1. The van der Waals surface area contributed by atoms with Crippen molar-refractivity contribution < 1.29 is 79.0 Å². The summed E-state index contributed by atoms with van der Waals surface area (Å²) in [4.78, 5) is 30.1. The number of hydrogen-bond acceptors (Lipinski definition) is 16. The van der Waals surface area contributed by atoms with Gasteiger partial charge in [0.15, 0.2) is 18.4 Å². The first kappa shape index (κ1) is 42.6. The lowest BCUT2D eigenvalue weighted by atomic mass is 9.83. The van der Waals surface area contributed by atoms with Crippen LogP contribution in [0.3, 0.4) is 0 Å². The molecule has 0 amide bonds. The molecule has 9 unspecified atom stereocenters. The minimum absolute atomic E-state index is 0.0109. The Hall–Kier alpha value is -3.77. The Morgan fingerprint density at radius 2 is 1.96 bits per heavy atom. The SMILES string of the molecule is C=CC1C(OC2OC(CO)C(O)C(O)(O)C2OC(CO)NC)OC=C(C(=O)OC)C1C=CC1=C(NC(N)=NCCCO)C(C(=O)O)=C[NH+](CCO)C1. The summed E-state index contributed by atoms with van der Waals surface area (Å²) in [6.07, 6.45) is -2.59. The standard InChI is InChI=1S/C32H49N5O15/c1-4-18-19(7-6-17-12-37(9-11-39)13-20(27(43)44)24(17)36-31(33)35-8-5-10-38)21(28(45)48-3)16-49-29(18)52-30-26(51-23(15-41)34-2)32(46,47)25(42)22(14-40)50-30/h4,6-7,13,16,18-19,22-23,25-26,29-30,34,38-42,46-47H,1,5,8-12,14-15H2,2-3H3,(H,43,44)(H3,33,35,36)/p+1. The molecule has 0 saturated carbocycles. The number of nitrogens with two attached hydrogens (primary N) is 1. The maximum absolute atomic E-state index is 13.0. The fourth-order valence-electron chi connectivity index (χ4n) is 5.74. The van der Waals surface area contributed by atoms with E-state index < -0.39 is 79.9 Å². The number of aliphatic imine (C=N–C) groups is 1. The van der Waals surface area contributed by atoms with Crippen molar-refractivity contribution in [2.75, 3.05) is 60.2 Å². The number of carboxylic acid groups (broad SMARTS) is 1. The zero-order valence-corrected chi connectivity index (χ0v) is 28.8. The summed E-state index contributed by atoms with van der Waals surface area (Å²) in [5.41, 5.74) is 6.33. The van der Waals surface area contributed by atoms with Gasteiger partial charge in [-0.2, -0.15) is 0 Å². The van der Waals surface area contributed by atoms with Crippen molar-refractivity contribution in [3.63, 3.8) is 0 Å². The van der Waals surface area contributed by atoms with Gasteiger partial charge in [0, 0.05) is 24.6 Å². The Kier molecular flexibility index (Phi) is 16.3. The van der Waals surface area contributed by atoms with E-state index in [0.29, 0.717) is 16.9 Å². The van der Waals surface area contributed by atoms with Gasteiger partial charge in [-0.3, -0.25) is 10.3 Å². The van der Waals surface area contributed by atoms with E-state index in [9.17, 15) is 45.3 Å². The summed E-state index contributed by atoms with van der Waals surface area (Å²) in [6.45, 7) is 2.47. The number of aliphatic hydroxyl groups is 7. The third-order valence-corrected chi connectivity index (χ3v) is 8.50. The van der Waals surface area contributed by atoms with E-state index in [4.69, 9.17) is 34.5 Å². The van der Waals surface area contributed by atoms with Gasteiger partial charge in [0.25, 0.3) is 0 Å². The highest BCUT2D eigenvalue weighted by Crippen LogP contribution is 2.38. The van der Waals surface area contributed by atoms with E-state index in [1.165, 1.54) is 19.3 Å². The van der Waals surface area contributed by atoms with Crippen LogP contribution < -0.4 is 21.3 Å². The summed E-state index contributed by atoms with van der Waals surface area (Å²) in [6, 6.07) is 0. The van der Waals surface area contributed by atoms with Crippen LogP contribution >= 0.6 is 0 Å². The molecule has 3 rings (SSSR count). The number of aliphatic carboxylic acids is 1. The first-order chi connectivity index (χ1) is 24.8. The van der Waals surface area contributed by atoms with Crippen LogP contribution in [0.25, 0.3) is 0 Å². The largest absolute Gasteiger partial charge is 0.477 e. The number of aliphatic hydroxyl groups excluding tert-OH is 5. The molecule has 1 saturated heterocycles. The Bertz CT molecular complexity index is 1400. The van der Waals surface area contributed by atoms with E-state index in [1.54, 1.807) is 12.2 Å². The van der Waals surface area contributed by atoms with Crippen molar-refractivity contribution in [2.24, 2.45) is 22.6 Å². The van der Waals surface area contributed by atoms with Crippen LogP contribution in [0.1, 0.15) is 6.42 Å². The van der Waals surface area contributed by atoms with Gasteiger partial charge in [-0.1, -0.05) is 18.2 Å².